The smallest absolute Gasteiger partial charge is 0.119 e. The van der Waals surface area contributed by atoms with Crippen molar-refractivity contribution >= 4 is 31.9 Å². The molecule has 0 radical (unpaired) electrons. The van der Waals surface area contributed by atoms with Gasteiger partial charge in [0, 0.05) is 10.7 Å². The van der Waals surface area contributed by atoms with E-state index >= 15 is 0 Å². The van der Waals surface area contributed by atoms with Crippen LogP contribution in [0.4, 0.5) is 0 Å². The fourth-order valence-corrected chi connectivity index (χ4v) is 2.55. The van der Waals surface area contributed by atoms with Crippen LogP contribution in [-0.4, -0.2) is 23.9 Å². The number of benzene rings is 1. The van der Waals surface area contributed by atoms with E-state index in [0.717, 1.165) is 48.2 Å². The number of hydrogen-bond acceptors (Lipinski definition) is 2. The number of hydrogen-bond donors (Lipinski definition) is 0. The Morgan fingerprint density at radius 2 is 1.00 bits per heavy atom. The van der Waals surface area contributed by atoms with Gasteiger partial charge in [-0.25, -0.2) is 0 Å². The fourth-order valence-electron chi connectivity index (χ4n) is 1.76. The van der Waals surface area contributed by atoms with Crippen LogP contribution in [0.1, 0.15) is 38.5 Å². The average Bonchev–Trinajstić information content (AvgIpc) is 2.48. The molecule has 0 aliphatic rings. The van der Waals surface area contributed by atoms with Crippen LogP contribution < -0.4 is 9.47 Å². The molecule has 0 saturated heterocycles. The van der Waals surface area contributed by atoms with Gasteiger partial charge in [-0.2, -0.15) is 0 Å². The molecule has 0 N–H and O–H groups in total. The zero-order chi connectivity index (χ0) is 14.5. The maximum Gasteiger partial charge on any atom is 0.119 e. The maximum atomic E-state index is 5.69. The molecular formula is C16H24Br2O2. The van der Waals surface area contributed by atoms with Crippen molar-refractivity contribution in [3.8, 4) is 11.5 Å². The topological polar surface area (TPSA) is 18.5 Å². The van der Waals surface area contributed by atoms with E-state index in [4.69, 9.17) is 9.47 Å². The highest BCUT2D eigenvalue weighted by Crippen LogP contribution is 2.18. The lowest BCUT2D eigenvalue weighted by Crippen LogP contribution is -1.99. The zero-order valence-corrected chi connectivity index (χ0v) is 15.1. The van der Waals surface area contributed by atoms with Crippen molar-refractivity contribution in [2.75, 3.05) is 23.9 Å². The van der Waals surface area contributed by atoms with Gasteiger partial charge in [-0.15, -0.1) is 0 Å². The van der Waals surface area contributed by atoms with Crippen LogP contribution in [0.3, 0.4) is 0 Å². The van der Waals surface area contributed by atoms with Crippen molar-refractivity contribution in [3.63, 3.8) is 0 Å². The Morgan fingerprint density at radius 1 is 0.600 bits per heavy atom. The van der Waals surface area contributed by atoms with E-state index in [1.807, 2.05) is 24.3 Å². The van der Waals surface area contributed by atoms with Gasteiger partial charge in [-0.05, 0) is 62.8 Å². The molecule has 0 fully saturated rings. The van der Waals surface area contributed by atoms with Crippen LogP contribution in [0.5, 0.6) is 11.5 Å². The monoisotopic (exact) mass is 406 g/mol. The summed E-state index contributed by atoms with van der Waals surface area (Å²) in [7, 11) is 0. The van der Waals surface area contributed by atoms with Crippen LogP contribution in [-0.2, 0) is 0 Å². The second-order valence-corrected chi connectivity index (χ2v) is 6.25. The van der Waals surface area contributed by atoms with Crippen LogP contribution in [0.25, 0.3) is 0 Å². The van der Waals surface area contributed by atoms with Gasteiger partial charge in [0.2, 0.25) is 0 Å². The molecule has 1 aromatic carbocycles. The normalized spacial score (nSPS) is 10.5. The summed E-state index contributed by atoms with van der Waals surface area (Å²) < 4.78 is 11.4. The highest BCUT2D eigenvalue weighted by Gasteiger charge is 1.97. The second-order valence-electron chi connectivity index (χ2n) is 4.67. The average molecular weight is 408 g/mol. The Kier molecular flexibility index (Phi) is 11.2. The lowest BCUT2D eigenvalue weighted by molar-refractivity contribution is 0.298. The molecule has 0 spiro atoms. The molecule has 0 aromatic heterocycles. The van der Waals surface area contributed by atoms with E-state index < -0.39 is 0 Å². The van der Waals surface area contributed by atoms with Gasteiger partial charge in [0.1, 0.15) is 11.5 Å². The predicted octanol–water partition coefficient (Wildman–Crippen LogP) is 5.57. The second kappa shape index (κ2) is 12.5. The third-order valence-corrected chi connectivity index (χ3v) is 4.04. The van der Waals surface area contributed by atoms with Gasteiger partial charge in [0.15, 0.2) is 0 Å². The van der Waals surface area contributed by atoms with Crippen molar-refractivity contribution in [2.45, 2.75) is 38.5 Å². The summed E-state index contributed by atoms with van der Waals surface area (Å²) >= 11 is 6.86. The summed E-state index contributed by atoms with van der Waals surface area (Å²) in [6.07, 6.45) is 7.06. The largest absolute Gasteiger partial charge is 0.494 e. The molecule has 0 aliphatic heterocycles. The summed E-state index contributed by atoms with van der Waals surface area (Å²) in [5.74, 6) is 1.85. The van der Waals surface area contributed by atoms with Gasteiger partial charge in [-0.3, -0.25) is 0 Å². The lowest BCUT2D eigenvalue weighted by atomic mass is 10.2. The molecule has 0 heterocycles. The molecule has 0 unspecified atom stereocenters. The first kappa shape index (κ1) is 17.8. The minimum Gasteiger partial charge on any atom is -0.494 e. The van der Waals surface area contributed by atoms with Gasteiger partial charge in [0.05, 0.1) is 13.2 Å². The fraction of sp³-hybridized carbons (Fsp3) is 0.625. The summed E-state index contributed by atoms with van der Waals surface area (Å²) in [6, 6.07) is 7.94. The Hall–Kier alpha value is -0.220. The maximum absolute atomic E-state index is 5.69. The molecule has 0 atom stereocenters. The molecule has 4 heteroatoms. The third-order valence-electron chi connectivity index (χ3n) is 2.92. The molecule has 114 valence electrons. The number of ether oxygens (including phenoxy) is 2. The van der Waals surface area contributed by atoms with Crippen LogP contribution in [0, 0.1) is 0 Å². The van der Waals surface area contributed by atoms with Crippen LogP contribution in [0.2, 0.25) is 0 Å². The first-order valence-electron chi connectivity index (χ1n) is 7.34. The molecule has 1 aromatic rings. The number of halogens is 2. The predicted molar refractivity (Wildman–Crippen MR) is 92.7 cm³/mol. The van der Waals surface area contributed by atoms with Crippen molar-refractivity contribution in [2.24, 2.45) is 0 Å². The van der Waals surface area contributed by atoms with Crippen LogP contribution >= 0.6 is 31.9 Å². The minimum atomic E-state index is 0.791. The minimum absolute atomic E-state index is 0.791. The molecule has 2 nitrogen and oxygen atoms in total. The van der Waals surface area contributed by atoms with Crippen molar-refractivity contribution in [1.29, 1.82) is 0 Å². The molecule has 0 amide bonds. The van der Waals surface area contributed by atoms with E-state index in [9.17, 15) is 0 Å². The van der Waals surface area contributed by atoms with E-state index in [2.05, 4.69) is 31.9 Å². The number of unbranched alkanes of at least 4 members (excludes halogenated alkanes) is 4. The van der Waals surface area contributed by atoms with Crippen molar-refractivity contribution in [3.05, 3.63) is 24.3 Å². The molecule has 1 rings (SSSR count). The van der Waals surface area contributed by atoms with Crippen molar-refractivity contribution < 1.29 is 9.47 Å². The first-order chi connectivity index (χ1) is 9.86. The Labute approximate surface area is 139 Å². The zero-order valence-electron chi connectivity index (χ0n) is 12.0. The highest BCUT2D eigenvalue weighted by molar-refractivity contribution is 9.09. The van der Waals surface area contributed by atoms with Gasteiger partial charge in [-0.1, -0.05) is 31.9 Å². The summed E-state index contributed by atoms with van der Waals surface area (Å²) in [4.78, 5) is 0. The standard InChI is InChI=1S/C16H24Br2O2/c17-11-3-1-5-13-19-15-7-9-16(10-8-15)20-14-6-2-4-12-18/h7-10H,1-6,11-14H2. The van der Waals surface area contributed by atoms with Crippen molar-refractivity contribution in [1.82, 2.24) is 0 Å². The van der Waals surface area contributed by atoms with Crippen LogP contribution in [0.15, 0.2) is 24.3 Å². The van der Waals surface area contributed by atoms with Gasteiger partial charge >= 0.3 is 0 Å². The molecule has 0 saturated carbocycles. The van der Waals surface area contributed by atoms with Gasteiger partial charge in [0.25, 0.3) is 0 Å². The van der Waals surface area contributed by atoms with E-state index in [1.54, 1.807) is 0 Å². The number of rotatable bonds is 12. The van der Waals surface area contributed by atoms with Gasteiger partial charge < -0.3 is 9.47 Å². The Bertz CT molecular complexity index is 295. The Balaban J connectivity index is 2.13. The lowest BCUT2D eigenvalue weighted by Gasteiger charge is -2.08. The molecule has 0 aliphatic carbocycles. The highest BCUT2D eigenvalue weighted by atomic mass is 79.9. The quantitative estimate of drug-likeness (QED) is 0.332. The third kappa shape index (κ3) is 8.85. The molecule has 0 bridgehead atoms. The molecule has 20 heavy (non-hydrogen) atoms. The summed E-state index contributed by atoms with van der Waals surface area (Å²) in [5.41, 5.74) is 0. The SMILES string of the molecule is BrCCCCCOc1ccc(OCCCCCBr)cc1. The Morgan fingerprint density at radius 3 is 1.35 bits per heavy atom. The van der Waals surface area contributed by atoms with E-state index in [0.29, 0.717) is 0 Å². The first-order valence-corrected chi connectivity index (χ1v) is 9.58. The summed E-state index contributed by atoms with van der Waals surface area (Å²) in [6.45, 7) is 1.58. The van der Waals surface area contributed by atoms with E-state index in [-0.39, 0.29) is 0 Å². The number of alkyl halides is 2. The van der Waals surface area contributed by atoms with E-state index in [1.165, 1.54) is 25.7 Å². The summed E-state index contributed by atoms with van der Waals surface area (Å²) in [5, 5.41) is 2.16. The molecular weight excluding hydrogens is 384 g/mol.